The second kappa shape index (κ2) is 15.3. The van der Waals surface area contributed by atoms with Crippen molar-refractivity contribution in [3.05, 3.63) is 0 Å². The molecular weight excluding hydrogens is 204 g/mol. The van der Waals surface area contributed by atoms with E-state index in [1.54, 1.807) is 0 Å². The van der Waals surface area contributed by atoms with Gasteiger partial charge in [0.05, 0.1) is 25.2 Å². The first-order chi connectivity index (χ1) is 6.87. The molecule has 1 atom stereocenters. The summed E-state index contributed by atoms with van der Waals surface area (Å²) in [7, 11) is 0. The maximum atomic E-state index is 9.58. The molecule has 0 spiro atoms. The van der Waals surface area contributed by atoms with E-state index in [4.69, 9.17) is 5.11 Å². The van der Waals surface area contributed by atoms with Gasteiger partial charge in [0.1, 0.15) is 0 Å². The van der Waals surface area contributed by atoms with Crippen LogP contribution < -0.4 is 21.7 Å². The molecule has 0 aromatic rings. The van der Waals surface area contributed by atoms with Gasteiger partial charge in [0.15, 0.2) is 0 Å². The van der Waals surface area contributed by atoms with Gasteiger partial charge < -0.3 is 36.4 Å². The van der Waals surface area contributed by atoms with Crippen LogP contribution in [0.1, 0.15) is 20.3 Å². The quantitative estimate of drug-likeness (QED) is 0.436. The first-order valence-corrected chi connectivity index (χ1v) is 4.54. The Kier molecular flexibility index (Phi) is 19.8. The summed E-state index contributed by atoms with van der Waals surface area (Å²) >= 11 is 0. The first-order valence-electron chi connectivity index (χ1n) is 4.54. The van der Waals surface area contributed by atoms with Gasteiger partial charge in [0, 0.05) is 12.4 Å². The standard InChI is InChI=1S/C4H6O5.2C2H7N/c5-2(4(8)9)1-3(6)7;2*1-2-3/h2,5H,1H2,(H,6,7)(H,8,9);2*2-3H2,1H3/t2-;;/m0../s1. The molecular formula is C8H20N2O5. The topological polar surface area (TPSA) is 156 Å². The van der Waals surface area contributed by atoms with Crippen molar-refractivity contribution in [1.82, 2.24) is 0 Å². The van der Waals surface area contributed by atoms with Crippen molar-refractivity contribution in [2.45, 2.75) is 26.4 Å². The molecule has 7 N–H and O–H groups in total. The third-order valence-corrected chi connectivity index (χ3v) is 0.632. The number of hydrogen-bond acceptors (Lipinski definition) is 5. The van der Waals surface area contributed by atoms with Crippen molar-refractivity contribution in [3.8, 4) is 0 Å². The number of carboxylic acid groups (broad SMARTS) is 2. The maximum absolute atomic E-state index is 9.58. The second-order valence-corrected chi connectivity index (χ2v) is 2.41. The number of aliphatic carboxylic acids is 2. The number of carboxylic acids is 2. The van der Waals surface area contributed by atoms with E-state index in [2.05, 4.69) is 11.5 Å². The Labute approximate surface area is 88.7 Å². The van der Waals surface area contributed by atoms with Crippen molar-refractivity contribution in [1.29, 1.82) is 0 Å². The number of hydrogen-bond donors (Lipinski definition) is 3. The van der Waals surface area contributed by atoms with E-state index in [1.807, 2.05) is 13.8 Å². The Morgan fingerprint density at radius 2 is 1.47 bits per heavy atom. The van der Waals surface area contributed by atoms with Crippen LogP contribution in [0.15, 0.2) is 0 Å². The van der Waals surface area contributed by atoms with E-state index in [0.29, 0.717) is 0 Å². The molecule has 92 valence electrons. The molecule has 0 saturated carbocycles. The molecule has 0 amide bonds. The van der Waals surface area contributed by atoms with Crippen LogP contribution in [0.4, 0.5) is 0 Å². The lowest BCUT2D eigenvalue weighted by Gasteiger charge is -2.10. The Balaban J connectivity index is -0.000000200. The maximum Gasteiger partial charge on any atom is 0.0985 e. The number of rotatable bonds is 3. The molecule has 0 rings (SSSR count). The van der Waals surface area contributed by atoms with Crippen molar-refractivity contribution in [3.63, 3.8) is 0 Å². The van der Waals surface area contributed by atoms with Gasteiger partial charge >= 0.3 is 0 Å². The highest BCUT2D eigenvalue weighted by Gasteiger charge is 2.03. The van der Waals surface area contributed by atoms with E-state index in [9.17, 15) is 19.8 Å². The summed E-state index contributed by atoms with van der Waals surface area (Å²) in [6, 6.07) is 0. The Morgan fingerprint density at radius 3 is 1.53 bits per heavy atom. The van der Waals surface area contributed by atoms with E-state index in [0.717, 1.165) is 13.1 Å². The van der Waals surface area contributed by atoms with Crippen LogP contribution in [0, 0.1) is 0 Å². The fourth-order valence-electron chi connectivity index (χ4n) is 0.241. The normalized spacial score (nSPS) is 9.93. The molecule has 7 nitrogen and oxygen atoms in total. The average molecular weight is 224 g/mol. The van der Waals surface area contributed by atoms with Crippen LogP contribution in [-0.4, -0.2) is 36.2 Å². The van der Waals surface area contributed by atoms with Crippen LogP contribution in [0.25, 0.3) is 0 Å². The smallest absolute Gasteiger partial charge is 0.0985 e. The lowest BCUT2D eigenvalue weighted by molar-refractivity contribution is -0.362. The molecule has 0 radical (unpaired) electrons. The van der Waals surface area contributed by atoms with Gasteiger partial charge in [-0.3, -0.25) is 0 Å². The van der Waals surface area contributed by atoms with Gasteiger partial charge in [-0.2, -0.15) is 0 Å². The van der Waals surface area contributed by atoms with Crippen LogP contribution in [-0.2, 0) is 9.59 Å². The van der Waals surface area contributed by atoms with Crippen LogP contribution in [0.5, 0.6) is 0 Å². The average Bonchev–Trinajstić information content (AvgIpc) is 2.05. The van der Waals surface area contributed by atoms with Crippen LogP contribution in [0.2, 0.25) is 0 Å². The minimum atomic E-state index is -1.96. The Hall–Kier alpha value is -1.18. The molecule has 0 aromatic heterocycles. The van der Waals surface area contributed by atoms with Crippen molar-refractivity contribution >= 4 is 11.9 Å². The zero-order valence-electron chi connectivity index (χ0n) is 9.19. The van der Waals surface area contributed by atoms with E-state index >= 15 is 0 Å². The third kappa shape index (κ3) is 32.3. The van der Waals surface area contributed by atoms with Gasteiger partial charge in [0.25, 0.3) is 0 Å². The number of aliphatic hydroxyl groups is 1. The lowest BCUT2D eigenvalue weighted by Crippen LogP contribution is -2.48. The number of carbonyl (C=O) groups excluding carboxylic acids is 2. The van der Waals surface area contributed by atoms with E-state index in [-0.39, 0.29) is 0 Å². The summed E-state index contributed by atoms with van der Waals surface area (Å²) in [6.45, 7) is 6.03. The van der Waals surface area contributed by atoms with Gasteiger partial charge in [-0.05, 0) is 13.8 Å². The Morgan fingerprint density at radius 1 is 1.20 bits per heavy atom. The molecule has 7 heteroatoms. The molecule has 0 aliphatic rings. The molecule has 0 heterocycles. The summed E-state index contributed by atoms with van der Waals surface area (Å²) < 4.78 is 0. The molecule has 0 unspecified atom stereocenters. The van der Waals surface area contributed by atoms with E-state index in [1.165, 1.54) is 0 Å². The molecule has 0 fully saturated rings. The number of quaternary nitrogens is 2. The molecule has 0 aliphatic heterocycles. The van der Waals surface area contributed by atoms with E-state index < -0.39 is 24.5 Å². The summed E-state index contributed by atoms with van der Waals surface area (Å²) in [5.74, 6) is -3.43. The molecule has 0 aromatic carbocycles. The predicted molar refractivity (Wildman–Crippen MR) is 47.5 cm³/mol. The van der Waals surface area contributed by atoms with Crippen molar-refractivity contribution in [2.24, 2.45) is 0 Å². The molecule has 15 heavy (non-hydrogen) atoms. The third-order valence-electron chi connectivity index (χ3n) is 0.632. The summed E-state index contributed by atoms with van der Waals surface area (Å²) in [4.78, 5) is 19.1. The van der Waals surface area contributed by atoms with Crippen molar-refractivity contribution in [2.75, 3.05) is 13.1 Å². The zero-order chi connectivity index (χ0) is 12.9. The minimum absolute atomic E-state index is 0.928. The number of carbonyl (C=O) groups is 2. The fraction of sp³-hybridized carbons (Fsp3) is 0.750. The van der Waals surface area contributed by atoms with Gasteiger partial charge in [-0.25, -0.2) is 0 Å². The molecule has 0 bridgehead atoms. The van der Waals surface area contributed by atoms with Crippen LogP contribution >= 0.6 is 0 Å². The van der Waals surface area contributed by atoms with Crippen LogP contribution in [0.3, 0.4) is 0 Å². The minimum Gasteiger partial charge on any atom is -0.550 e. The van der Waals surface area contributed by atoms with Gasteiger partial charge in [0.2, 0.25) is 0 Å². The first kappa shape index (κ1) is 19.4. The highest BCUT2D eigenvalue weighted by molar-refractivity contribution is 5.76. The van der Waals surface area contributed by atoms with Gasteiger partial charge in [-0.15, -0.1) is 0 Å². The highest BCUT2D eigenvalue weighted by atomic mass is 16.4. The highest BCUT2D eigenvalue weighted by Crippen LogP contribution is 1.85. The predicted octanol–water partition coefficient (Wildman–Crippen LogP) is -5.27. The largest absolute Gasteiger partial charge is 0.550 e. The number of aliphatic hydroxyl groups excluding tert-OH is 1. The summed E-state index contributed by atoms with van der Waals surface area (Å²) in [5.41, 5.74) is 6.97. The monoisotopic (exact) mass is 224 g/mol. The fourth-order valence-corrected chi connectivity index (χ4v) is 0.241. The molecule has 0 aliphatic carbocycles. The Bertz CT molecular complexity index is 161. The van der Waals surface area contributed by atoms with Gasteiger partial charge in [-0.1, -0.05) is 0 Å². The second-order valence-electron chi connectivity index (χ2n) is 2.41. The summed E-state index contributed by atoms with van der Waals surface area (Å²) in [5, 5.41) is 27.3. The molecule has 0 saturated heterocycles. The van der Waals surface area contributed by atoms with Crippen molar-refractivity contribution < 1.29 is 36.4 Å². The summed E-state index contributed by atoms with van der Waals surface area (Å²) in [6.07, 6.45) is -2.89. The SMILES string of the molecule is CC[NH3+].CC[NH3+].O=C([O-])C[C@H](O)C(=O)[O-]. The zero-order valence-corrected chi connectivity index (χ0v) is 9.19. The lowest BCUT2D eigenvalue weighted by atomic mass is 10.3.